The van der Waals surface area contributed by atoms with Crippen LogP contribution in [0.3, 0.4) is 0 Å². The van der Waals surface area contributed by atoms with Crippen LogP contribution in [0.2, 0.25) is 0 Å². The molecular weight excluding hydrogens is 236 g/mol. The maximum atomic E-state index is 5.93. The van der Waals surface area contributed by atoms with Gasteiger partial charge in [0.15, 0.2) is 11.6 Å². The van der Waals surface area contributed by atoms with Crippen molar-refractivity contribution in [2.24, 2.45) is 0 Å². The molecule has 0 aliphatic rings. The number of hydrogen-bond acceptors (Lipinski definition) is 3. The lowest BCUT2D eigenvalue weighted by Crippen LogP contribution is -2.12. The topological polar surface area (TPSA) is 52.0 Å². The summed E-state index contributed by atoms with van der Waals surface area (Å²) in [7, 11) is 0. The molecule has 19 heavy (non-hydrogen) atoms. The fraction of sp³-hybridized carbons (Fsp3) is 0.438. The lowest BCUT2D eigenvalue weighted by Gasteiger charge is -2.22. The number of aromatic nitrogens is 1. The van der Waals surface area contributed by atoms with Gasteiger partial charge in [-0.1, -0.05) is 64.0 Å². The number of nitrogens with zero attached hydrogens (tertiary/aromatic N) is 1. The predicted octanol–water partition coefficient (Wildman–Crippen LogP) is 4.34. The largest absolute Gasteiger partial charge is 0.381 e. The molecule has 2 rings (SSSR count). The molecular formula is C16H22N2O. The lowest BCUT2D eigenvalue weighted by molar-refractivity contribution is 0.433. The molecule has 0 radical (unpaired) electrons. The number of benzene rings is 1. The van der Waals surface area contributed by atoms with E-state index in [2.05, 4.69) is 58.0 Å². The van der Waals surface area contributed by atoms with Gasteiger partial charge in [0.1, 0.15) is 0 Å². The van der Waals surface area contributed by atoms with E-state index in [0.717, 1.165) is 16.9 Å². The number of rotatable bonds is 2. The monoisotopic (exact) mass is 258 g/mol. The van der Waals surface area contributed by atoms with Crippen molar-refractivity contribution in [2.45, 2.75) is 46.0 Å². The quantitative estimate of drug-likeness (QED) is 0.871. The molecule has 1 aromatic carbocycles. The van der Waals surface area contributed by atoms with E-state index in [0.29, 0.717) is 5.82 Å². The molecule has 0 saturated heterocycles. The molecule has 0 spiro atoms. The summed E-state index contributed by atoms with van der Waals surface area (Å²) in [6.45, 7) is 10.8. The highest BCUT2D eigenvalue weighted by molar-refractivity contribution is 5.71. The van der Waals surface area contributed by atoms with Crippen molar-refractivity contribution >= 4 is 5.82 Å². The number of hydrogen-bond donors (Lipinski definition) is 1. The van der Waals surface area contributed by atoms with Crippen molar-refractivity contribution in [3.63, 3.8) is 0 Å². The van der Waals surface area contributed by atoms with Gasteiger partial charge in [-0.3, -0.25) is 0 Å². The van der Waals surface area contributed by atoms with Gasteiger partial charge >= 0.3 is 0 Å². The van der Waals surface area contributed by atoms with Crippen LogP contribution in [0.25, 0.3) is 11.3 Å². The summed E-state index contributed by atoms with van der Waals surface area (Å²) in [5.74, 6) is 1.58. The standard InChI is InChI=1S/C16H22N2O/c1-10(2)13-14(19-18-15(13)17)11-8-6-7-9-12(11)16(3,4)5/h6-10H,1-5H3,(H2,17,18). The van der Waals surface area contributed by atoms with Gasteiger partial charge in [-0.2, -0.15) is 0 Å². The smallest absolute Gasteiger partial charge is 0.172 e. The molecule has 2 aromatic rings. The first-order valence-electron chi connectivity index (χ1n) is 6.67. The minimum atomic E-state index is 0.0480. The zero-order valence-electron chi connectivity index (χ0n) is 12.3. The number of nitrogen functional groups attached to an aromatic ring is 1. The number of nitrogens with two attached hydrogens (primary N) is 1. The molecule has 0 aliphatic heterocycles. The molecule has 0 amide bonds. The van der Waals surface area contributed by atoms with Crippen LogP contribution in [-0.4, -0.2) is 5.16 Å². The second kappa shape index (κ2) is 4.72. The molecule has 0 atom stereocenters. The summed E-state index contributed by atoms with van der Waals surface area (Å²) in [6, 6.07) is 8.29. The van der Waals surface area contributed by atoms with Gasteiger partial charge in [0, 0.05) is 11.1 Å². The van der Waals surface area contributed by atoms with Gasteiger partial charge in [0.2, 0.25) is 0 Å². The van der Waals surface area contributed by atoms with E-state index in [4.69, 9.17) is 10.3 Å². The molecule has 0 bridgehead atoms. The maximum Gasteiger partial charge on any atom is 0.172 e. The highest BCUT2D eigenvalue weighted by atomic mass is 16.5. The fourth-order valence-electron chi connectivity index (χ4n) is 2.40. The summed E-state index contributed by atoms with van der Waals surface area (Å²) in [5.41, 5.74) is 9.31. The summed E-state index contributed by atoms with van der Waals surface area (Å²) in [5, 5.41) is 3.94. The van der Waals surface area contributed by atoms with Crippen molar-refractivity contribution in [3.8, 4) is 11.3 Å². The first kappa shape index (κ1) is 13.7. The molecule has 3 heteroatoms. The Morgan fingerprint density at radius 3 is 2.37 bits per heavy atom. The van der Waals surface area contributed by atoms with Crippen LogP contribution >= 0.6 is 0 Å². The fourth-order valence-corrected chi connectivity index (χ4v) is 2.40. The third kappa shape index (κ3) is 2.50. The van der Waals surface area contributed by atoms with Gasteiger partial charge in [0.25, 0.3) is 0 Å². The second-order valence-corrected chi connectivity index (χ2v) is 6.26. The Labute approximate surface area is 114 Å². The van der Waals surface area contributed by atoms with Gasteiger partial charge in [0.05, 0.1) is 0 Å². The van der Waals surface area contributed by atoms with Gasteiger partial charge in [-0.15, -0.1) is 0 Å². The molecule has 0 saturated carbocycles. The summed E-state index contributed by atoms with van der Waals surface area (Å²) >= 11 is 0. The third-order valence-electron chi connectivity index (χ3n) is 3.31. The van der Waals surface area contributed by atoms with E-state index < -0.39 is 0 Å². The first-order chi connectivity index (χ1) is 8.82. The molecule has 102 valence electrons. The third-order valence-corrected chi connectivity index (χ3v) is 3.31. The molecule has 0 unspecified atom stereocenters. The minimum absolute atomic E-state index is 0.0480. The average Bonchev–Trinajstić information content (AvgIpc) is 2.70. The number of anilines is 1. The Kier molecular flexibility index (Phi) is 3.40. The molecule has 3 nitrogen and oxygen atoms in total. The molecule has 1 aromatic heterocycles. The van der Waals surface area contributed by atoms with E-state index in [1.807, 2.05) is 6.07 Å². The zero-order chi connectivity index (χ0) is 14.2. The predicted molar refractivity (Wildman–Crippen MR) is 79.1 cm³/mol. The Bertz CT molecular complexity index is 577. The van der Waals surface area contributed by atoms with Gasteiger partial charge < -0.3 is 10.3 Å². The van der Waals surface area contributed by atoms with Crippen LogP contribution < -0.4 is 5.73 Å². The van der Waals surface area contributed by atoms with E-state index in [9.17, 15) is 0 Å². The Morgan fingerprint density at radius 1 is 1.16 bits per heavy atom. The van der Waals surface area contributed by atoms with Crippen molar-refractivity contribution in [1.29, 1.82) is 0 Å². The van der Waals surface area contributed by atoms with Crippen molar-refractivity contribution in [3.05, 3.63) is 35.4 Å². The minimum Gasteiger partial charge on any atom is -0.381 e. The van der Waals surface area contributed by atoms with Crippen LogP contribution in [0.1, 0.15) is 51.7 Å². The van der Waals surface area contributed by atoms with E-state index in [1.165, 1.54) is 5.56 Å². The van der Waals surface area contributed by atoms with Crippen LogP contribution in [0, 0.1) is 0 Å². The summed E-state index contributed by atoms with van der Waals surface area (Å²) < 4.78 is 5.50. The highest BCUT2D eigenvalue weighted by Crippen LogP contribution is 2.38. The SMILES string of the molecule is CC(C)c1c(N)noc1-c1ccccc1C(C)(C)C. The zero-order valence-corrected chi connectivity index (χ0v) is 12.3. The van der Waals surface area contributed by atoms with E-state index in [-0.39, 0.29) is 11.3 Å². The molecule has 2 N–H and O–H groups in total. The highest BCUT2D eigenvalue weighted by Gasteiger charge is 2.24. The van der Waals surface area contributed by atoms with Crippen LogP contribution in [0.15, 0.2) is 28.8 Å². The Morgan fingerprint density at radius 2 is 1.79 bits per heavy atom. The van der Waals surface area contributed by atoms with Crippen molar-refractivity contribution in [2.75, 3.05) is 5.73 Å². The van der Waals surface area contributed by atoms with Crippen molar-refractivity contribution < 1.29 is 4.52 Å². The average molecular weight is 258 g/mol. The summed E-state index contributed by atoms with van der Waals surface area (Å²) in [6.07, 6.45) is 0. The Balaban J connectivity index is 2.67. The molecule has 0 fully saturated rings. The van der Waals surface area contributed by atoms with Gasteiger partial charge in [-0.25, -0.2) is 0 Å². The normalized spacial score (nSPS) is 12.1. The maximum absolute atomic E-state index is 5.93. The lowest BCUT2D eigenvalue weighted by atomic mass is 9.82. The van der Waals surface area contributed by atoms with E-state index >= 15 is 0 Å². The van der Waals surface area contributed by atoms with Crippen LogP contribution in [0.5, 0.6) is 0 Å². The van der Waals surface area contributed by atoms with Crippen molar-refractivity contribution in [1.82, 2.24) is 5.16 Å². The Hall–Kier alpha value is -1.77. The van der Waals surface area contributed by atoms with E-state index in [1.54, 1.807) is 0 Å². The second-order valence-electron chi connectivity index (χ2n) is 6.26. The molecule has 0 aliphatic carbocycles. The summed E-state index contributed by atoms with van der Waals surface area (Å²) in [4.78, 5) is 0. The van der Waals surface area contributed by atoms with Crippen LogP contribution in [-0.2, 0) is 5.41 Å². The first-order valence-corrected chi connectivity index (χ1v) is 6.67. The molecule has 1 heterocycles. The van der Waals surface area contributed by atoms with Gasteiger partial charge in [-0.05, 0) is 16.9 Å². The van der Waals surface area contributed by atoms with Crippen LogP contribution in [0.4, 0.5) is 5.82 Å².